The number of nitrogens with zero attached hydrogens (tertiary/aromatic N) is 2. The van der Waals surface area contributed by atoms with Gasteiger partial charge in [0.25, 0.3) is 0 Å². The number of aromatic nitrogens is 1. The molecule has 0 aliphatic carbocycles. The van der Waals surface area contributed by atoms with Crippen LogP contribution in [-0.2, 0) is 0 Å². The number of hydrogen-bond donors (Lipinski definition) is 0. The van der Waals surface area contributed by atoms with Crippen molar-refractivity contribution in [1.29, 1.82) is 0 Å². The highest BCUT2D eigenvalue weighted by molar-refractivity contribution is 7.80. The number of thiocarbonyl (C=S) groups is 1. The van der Waals surface area contributed by atoms with Crippen LogP contribution in [-0.4, -0.2) is 27.7 Å². The summed E-state index contributed by atoms with van der Waals surface area (Å²) in [4.78, 5) is 2.32. The molecule has 2 aromatic carbocycles. The van der Waals surface area contributed by atoms with Crippen LogP contribution in [0.25, 0.3) is 22.0 Å². The fourth-order valence-electron chi connectivity index (χ4n) is 3.36. The van der Waals surface area contributed by atoms with Crippen LogP contribution < -0.4 is 0 Å². The molecule has 0 spiro atoms. The fourth-order valence-corrected chi connectivity index (χ4v) is 3.70. The Bertz CT molecular complexity index is 855. The van der Waals surface area contributed by atoms with E-state index >= 15 is 0 Å². The smallest absolute Gasteiger partial charge is 0.180 e. The number of benzene rings is 2. The highest BCUT2D eigenvalue weighted by atomic mass is 32.1. The van der Waals surface area contributed by atoms with E-state index < -0.39 is 0 Å². The Morgan fingerprint density at radius 1 is 0.957 bits per heavy atom. The molecule has 0 atom stereocenters. The number of likely N-dealkylation sites (tertiary alicyclic amines) is 1. The first kappa shape index (κ1) is 14.5. The average Bonchev–Trinajstić information content (AvgIpc) is 3.23. The Hall–Kier alpha value is -2.13. The average molecular weight is 320 g/mol. The lowest BCUT2D eigenvalue weighted by molar-refractivity contribution is 0.514. The molecule has 0 bridgehead atoms. The predicted octanol–water partition coefficient (Wildman–Crippen LogP) is 4.85. The van der Waals surface area contributed by atoms with Gasteiger partial charge in [0.2, 0.25) is 0 Å². The molecule has 2 heterocycles. The van der Waals surface area contributed by atoms with E-state index in [1.54, 1.807) is 0 Å². The van der Waals surface area contributed by atoms with Gasteiger partial charge in [-0.05, 0) is 43.6 Å². The van der Waals surface area contributed by atoms with E-state index in [0.717, 1.165) is 18.2 Å². The quantitative estimate of drug-likeness (QED) is 0.593. The summed E-state index contributed by atoms with van der Waals surface area (Å²) in [6.45, 7) is 4.27. The highest BCUT2D eigenvalue weighted by Crippen LogP contribution is 2.31. The van der Waals surface area contributed by atoms with Gasteiger partial charge in [0, 0.05) is 30.2 Å². The van der Waals surface area contributed by atoms with Gasteiger partial charge in [-0.1, -0.05) is 48.0 Å². The predicted molar refractivity (Wildman–Crippen MR) is 101 cm³/mol. The van der Waals surface area contributed by atoms with Crippen molar-refractivity contribution in [3.8, 4) is 11.1 Å². The van der Waals surface area contributed by atoms with E-state index in [4.69, 9.17) is 12.2 Å². The number of fused-ring (bicyclic) bond motifs is 1. The van der Waals surface area contributed by atoms with E-state index in [2.05, 4.69) is 71.1 Å². The molecule has 23 heavy (non-hydrogen) atoms. The number of para-hydroxylation sites is 1. The fraction of sp³-hybridized carbons (Fsp3) is 0.250. The standard InChI is InChI=1S/C20H20N2S/c1-15-8-10-16(11-9-15)18-14-22(19-7-3-2-6-17(18)19)20(23)21-12-4-5-13-21/h2-3,6-11,14H,4-5,12-13H2,1H3. The van der Waals surface area contributed by atoms with E-state index in [1.807, 2.05) is 0 Å². The first-order valence-corrected chi connectivity index (χ1v) is 8.61. The van der Waals surface area contributed by atoms with Crippen LogP contribution in [0.3, 0.4) is 0 Å². The molecule has 3 heteroatoms. The second-order valence-corrected chi connectivity index (χ2v) is 6.64. The summed E-state index contributed by atoms with van der Waals surface area (Å²) in [7, 11) is 0. The van der Waals surface area contributed by atoms with Gasteiger partial charge in [-0.15, -0.1) is 0 Å². The second kappa shape index (κ2) is 5.82. The molecule has 1 aromatic heterocycles. The maximum absolute atomic E-state index is 5.78. The highest BCUT2D eigenvalue weighted by Gasteiger charge is 2.19. The van der Waals surface area contributed by atoms with Gasteiger partial charge < -0.3 is 4.90 Å². The number of hydrogen-bond acceptors (Lipinski definition) is 1. The summed E-state index contributed by atoms with van der Waals surface area (Å²) in [6.07, 6.45) is 4.68. The summed E-state index contributed by atoms with van der Waals surface area (Å²) < 4.78 is 2.19. The van der Waals surface area contributed by atoms with E-state index in [1.165, 1.54) is 40.4 Å². The van der Waals surface area contributed by atoms with Crippen LogP contribution in [0.5, 0.6) is 0 Å². The second-order valence-electron chi connectivity index (χ2n) is 6.27. The molecule has 1 aliphatic heterocycles. The van der Waals surface area contributed by atoms with Crippen molar-refractivity contribution in [1.82, 2.24) is 9.47 Å². The monoisotopic (exact) mass is 320 g/mol. The minimum Gasteiger partial charge on any atom is -0.349 e. The van der Waals surface area contributed by atoms with Gasteiger partial charge in [-0.3, -0.25) is 4.57 Å². The molecule has 0 amide bonds. The summed E-state index contributed by atoms with van der Waals surface area (Å²) in [5.41, 5.74) is 4.97. The van der Waals surface area contributed by atoms with Crippen molar-refractivity contribution in [3.05, 3.63) is 60.3 Å². The Kier molecular flexibility index (Phi) is 3.66. The lowest BCUT2D eigenvalue weighted by Gasteiger charge is -2.19. The normalized spacial score (nSPS) is 14.6. The van der Waals surface area contributed by atoms with E-state index in [9.17, 15) is 0 Å². The Morgan fingerprint density at radius 2 is 1.65 bits per heavy atom. The summed E-state index contributed by atoms with van der Waals surface area (Å²) in [5.74, 6) is 0. The molecule has 0 saturated carbocycles. The molecule has 1 fully saturated rings. The molecule has 1 aliphatic rings. The van der Waals surface area contributed by atoms with Crippen LogP contribution in [0.4, 0.5) is 0 Å². The largest absolute Gasteiger partial charge is 0.349 e. The third-order valence-corrected chi connectivity index (χ3v) is 5.11. The van der Waals surface area contributed by atoms with Gasteiger partial charge >= 0.3 is 0 Å². The Morgan fingerprint density at radius 3 is 2.39 bits per heavy atom. The van der Waals surface area contributed by atoms with Crippen molar-refractivity contribution in [2.45, 2.75) is 19.8 Å². The van der Waals surface area contributed by atoms with Gasteiger partial charge in [0.1, 0.15) is 0 Å². The molecule has 3 aromatic rings. The van der Waals surface area contributed by atoms with Crippen LogP contribution in [0, 0.1) is 6.92 Å². The van der Waals surface area contributed by atoms with Gasteiger partial charge in [-0.2, -0.15) is 0 Å². The summed E-state index contributed by atoms with van der Waals surface area (Å²) >= 11 is 5.78. The van der Waals surface area contributed by atoms with Crippen LogP contribution in [0.2, 0.25) is 0 Å². The van der Waals surface area contributed by atoms with Crippen molar-refractivity contribution >= 4 is 28.2 Å². The topological polar surface area (TPSA) is 8.17 Å². The molecular formula is C20H20N2S. The Balaban J connectivity index is 1.86. The first-order chi connectivity index (χ1) is 11.2. The molecule has 1 saturated heterocycles. The molecular weight excluding hydrogens is 300 g/mol. The maximum Gasteiger partial charge on any atom is 0.180 e. The summed E-state index contributed by atoms with van der Waals surface area (Å²) in [5, 5.41) is 2.19. The molecule has 116 valence electrons. The van der Waals surface area contributed by atoms with E-state index in [-0.39, 0.29) is 0 Å². The molecule has 0 radical (unpaired) electrons. The van der Waals surface area contributed by atoms with Gasteiger partial charge in [0.05, 0.1) is 5.52 Å². The zero-order chi connectivity index (χ0) is 15.8. The van der Waals surface area contributed by atoms with Gasteiger partial charge in [0.15, 0.2) is 5.11 Å². The zero-order valence-electron chi connectivity index (χ0n) is 13.3. The first-order valence-electron chi connectivity index (χ1n) is 8.20. The van der Waals surface area contributed by atoms with Crippen LogP contribution in [0.1, 0.15) is 18.4 Å². The molecule has 2 nitrogen and oxygen atoms in total. The minimum absolute atomic E-state index is 0.928. The zero-order valence-corrected chi connectivity index (χ0v) is 14.1. The lowest BCUT2D eigenvalue weighted by atomic mass is 10.0. The maximum atomic E-state index is 5.78. The Labute approximate surface area is 142 Å². The molecule has 0 N–H and O–H groups in total. The van der Waals surface area contributed by atoms with Crippen molar-refractivity contribution in [2.75, 3.05) is 13.1 Å². The summed E-state index contributed by atoms with van der Waals surface area (Å²) in [6, 6.07) is 17.3. The van der Waals surface area contributed by atoms with Crippen molar-refractivity contribution in [3.63, 3.8) is 0 Å². The SMILES string of the molecule is Cc1ccc(-c2cn(C(=S)N3CCCC3)c3ccccc23)cc1. The number of aryl methyl sites for hydroxylation is 1. The third-order valence-electron chi connectivity index (χ3n) is 4.66. The van der Waals surface area contributed by atoms with Crippen molar-refractivity contribution < 1.29 is 0 Å². The van der Waals surface area contributed by atoms with Crippen molar-refractivity contribution in [2.24, 2.45) is 0 Å². The van der Waals surface area contributed by atoms with Crippen LogP contribution in [0.15, 0.2) is 54.7 Å². The lowest BCUT2D eigenvalue weighted by Crippen LogP contribution is -2.31. The number of rotatable bonds is 1. The third kappa shape index (κ3) is 2.55. The van der Waals surface area contributed by atoms with Crippen LogP contribution >= 0.6 is 12.2 Å². The van der Waals surface area contributed by atoms with Gasteiger partial charge in [-0.25, -0.2) is 0 Å². The van der Waals surface area contributed by atoms with E-state index in [0.29, 0.717) is 0 Å². The molecule has 4 rings (SSSR count). The molecule has 0 unspecified atom stereocenters. The minimum atomic E-state index is 0.928.